The molecule has 0 fully saturated rings. The van der Waals surface area contributed by atoms with Crippen LogP contribution in [0.1, 0.15) is 39.8 Å². The van der Waals surface area contributed by atoms with Gasteiger partial charge in [-0.2, -0.15) is 5.26 Å². The van der Waals surface area contributed by atoms with Crippen molar-refractivity contribution in [1.82, 2.24) is 4.98 Å². The van der Waals surface area contributed by atoms with E-state index in [-0.39, 0.29) is 28.4 Å². The Morgan fingerprint density at radius 2 is 1.89 bits per heavy atom. The van der Waals surface area contributed by atoms with Crippen LogP contribution in [0.3, 0.4) is 0 Å². The first-order valence-electron chi connectivity index (χ1n) is 8.43. The fourth-order valence-electron chi connectivity index (χ4n) is 2.71. The number of aromatic amines is 1. The maximum Gasteiger partial charge on any atom is 0.337 e. The normalized spacial score (nSPS) is 10.3. The molecule has 0 saturated carbocycles. The Balaban J connectivity index is 1.93. The largest absolute Gasteiger partial charge is 0.478 e. The van der Waals surface area contributed by atoms with Crippen LogP contribution in [0.5, 0.6) is 0 Å². The molecule has 140 valence electrons. The van der Waals surface area contributed by atoms with Crippen molar-refractivity contribution in [2.24, 2.45) is 0 Å². The molecule has 4 N–H and O–H groups in total. The highest BCUT2D eigenvalue weighted by Crippen LogP contribution is 2.25. The summed E-state index contributed by atoms with van der Waals surface area (Å²) in [5.41, 5.74) is 1.42. The van der Waals surface area contributed by atoms with Gasteiger partial charge in [-0.1, -0.05) is 19.1 Å². The van der Waals surface area contributed by atoms with Crippen LogP contribution in [0.4, 0.5) is 11.4 Å². The molecule has 2 amide bonds. The van der Waals surface area contributed by atoms with Crippen molar-refractivity contribution in [1.29, 1.82) is 5.26 Å². The molecule has 0 saturated heterocycles. The lowest BCUT2D eigenvalue weighted by Gasteiger charge is -2.08. The second kappa shape index (κ2) is 7.63. The van der Waals surface area contributed by atoms with Gasteiger partial charge in [0.1, 0.15) is 5.69 Å². The average Bonchev–Trinajstić information content (AvgIpc) is 3.13. The van der Waals surface area contributed by atoms with Crippen molar-refractivity contribution in [2.75, 3.05) is 10.6 Å². The molecule has 0 atom stereocenters. The van der Waals surface area contributed by atoms with Gasteiger partial charge in [0.25, 0.3) is 5.91 Å². The predicted molar refractivity (Wildman–Crippen MR) is 103 cm³/mol. The Hall–Kier alpha value is -4.12. The fourth-order valence-corrected chi connectivity index (χ4v) is 2.71. The number of fused-ring (bicyclic) bond motifs is 1. The van der Waals surface area contributed by atoms with E-state index in [1.54, 1.807) is 31.2 Å². The number of nitrogens with zero attached hydrogens (tertiary/aromatic N) is 1. The Morgan fingerprint density at radius 1 is 1.11 bits per heavy atom. The van der Waals surface area contributed by atoms with Gasteiger partial charge in [-0.05, 0) is 30.3 Å². The van der Waals surface area contributed by atoms with E-state index in [2.05, 4.69) is 15.6 Å². The Morgan fingerprint density at radius 3 is 2.57 bits per heavy atom. The third-order valence-corrected chi connectivity index (χ3v) is 4.12. The molecule has 0 aliphatic rings. The number of nitrogens with one attached hydrogen (secondary N) is 3. The van der Waals surface area contributed by atoms with Crippen LogP contribution >= 0.6 is 0 Å². The number of para-hydroxylation sites is 1. The maximum atomic E-state index is 12.6. The molecule has 0 bridgehead atoms. The molecule has 0 spiro atoms. The lowest BCUT2D eigenvalue weighted by molar-refractivity contribution is -0.115. The second-order valence-electron chi connectivity index (χ2n) is 5.99. The van der Waals surface area contributed by atoms with E-state index in [4.69, 9.17) is 5.26 Å². The topological polar surface area (TPSA) is 135 Å². The van der Waals surface area contributed by atoms with Gasteiger partial charge < -0.3 is 20.7 Å². The SMILES string of the molecule is CCC(=O)Nc1cccc2cc(C(=O)Nc3ccc(C#N)cc3C(=O)O)[nH]c12. The second-order valence-corrected chi connectivity index (χ2v) is 5.99. The number of benzene rings is 2. The van der Waals surface area contributed by atoms with E-state index < -0.39 is 11.9 Å². The summed E-state index contributed by atoms with van der Waals surface area (Å²) in [6.45, 7) is 1.74. The minimum Gasteiger partial charge on any atom is -0.478 e. The highest BCUT2D eigenvalue weighted by Gasteiger charge is 2.17. The summed E-state index contributed by atoms with van der Waals surface area (Å²) >= 11 is 0. The van der Waals surface area contributed by atoms with Crippen LogP contribution in [-0.4, -0.2) is 27.9 Å². The highest BCUT2D eigenvalue weighted by molar-refractivity contribution is 6.10. The van der Waals surface area contributed by atoms with Gasteiger partial charge in [0.2, 0.25) is 5.91 Å². The highest BCUT2D eigenvalue weighted by atomic mass is 16.4. The van der Waals surface area contributed by atoms with Crippen molar-refractivity contribution in [3.63, 3.8) is 0 Å². The minimum absolute atomic E-state index is 0.0784. The van der Waals surface area contributed by atoms with E-state index >= 15 is 0 Å². The van der Waals surface area contributed by atoms with E-state index in [1.807, 2.05) is 6.07 Å². The first-order chi connectivity index (χ1) is 13.4. The molecule has 3 aromatic rings. The van der Waals surface area contributed by atoms with Crippen LogP contribution in [0, 0.1) is 11.3 Å². The summed E-state index contributed by atoms with van der Waals surface area (Å²) < 4.78 is 0. The summed E-state index contributed by atoms with van der Waals surface area (Å²) in [6.07, 6.45) is 0.321. The van der Waals surface area contributed by atoms with Crippen molar-refractivity contribution >= 4 is 40.1 Å². The minimum atomic E-state index is -1.26. The summed E-state index contributed by atoms with van der Waals surface area (Å²) in [4.78, 5) is 38.7. The molecule has 0 unspecified atom stereocenters. The van der Waals surface area contributed by atoms with E-state index in [0.717, 1.165) is 5.39 Å². The van der Waals surface area contributed by atoms with Gasteiger partial charge in [-0.25, -0.2) is 4.79 Å². The zero-order valence-corrected chi connectivity index (χ0v) is 14.9. The Kier molecular flexibility index (Phi) is 5.09. The van der Waals surface area contributed by atoms with Crippen molar-refractivity contribution in [3.05, 3.63) is 59.3 Å². The number of hydrogen-bond donors (Lipinski definition) is 4. The van der Waals surface area contributed by atoms with Crippen LogP contribution < -0.4 is 10.6 Å². The number of carboxylic acid groups (broad SMARTS) is 1. The maximum absolute atomic E-state index is 12.6. The van der Waals surface area contributed by atoms with Crippen LogP contribution in [0.15, 0.2) is 42.5 Å². The first-order valence-corrected chi connectivity index (χ1v) is 8.43. The number of nitriles is 1. The molecular weight excluding hydrogens is 360 g/mol. The average molecular weight is 376 g/mol. The molecule has 8 nitrogen and oxygen atoms in total. The van der Waals surface area contributed by atoms with Crippen molar-refractivity contribution < 1.29 is 19.5 Å². The summed E-state index contributed by atoms with van der Waals surface area (Å²) in [5.74, 6) is -1.96. The quantitative estimate of drug-likeness (QED) is 0.541. The Bertz CT molecular complexity index is 1140. The standard InChI is InChI=1S/C20H16N4O4/c1-2-17(25)22-15-5-3-4-12-9-16(23-18(12)15)19(26)24-14-7-6-11(10-21)8-13(14)20(27)28/h3-9,23H,2H2,1H3,(H,22,25)(H,24,26)(H,27,28). The fraction of sp³-hybridized carbons (Fsp3) is 0.100. The lowest BCUT2D eigenvalue weighted by atomic mass is 10.1. The molecule has 1 heterocycles. The molecule has 3 rings (SSSR count). The molecular formula is C20H16N4O4. The van der Waals surface area contributed by atoms with Gasteiger partial charge in [0, 0.05) is 11.8 Å². The monoisotopic (exact) mass is 376 g/mol. The summed E-state index contributed by atoms with van der Waals surface area (Å²) in [7, 11) is 0. The number of carbonyl (C=O) groups is 3. The van der Waals surface area contributed by atoms with E-state index in [1.165, 1.54) is 18.2 Å². The Labute approximate surface area is 159 Å². The van der Waals surface area contributed by atoms with E-state index in [9.17, 15) is 19.5 Å². The zero-order valence-electron chi connectivity index (χ0n) is 14.9. The molecule has 0 radical (unpaired) electrons. The number of carbonyl (C=O) groups excluding carboxylic acids is 2. The molecule has 1 aromatic heterocycles. The third kappa shape index (κ3) is 3.68. The number of hydrogen-bond acceptors (Lipinski definition) is 4. The number of aromatic nitrogens is 1. The lowest BCUT2D eigenvalue weighted by Crippen LogP contribution is -2.15. The first kappa shape index (κ1) is 18.7. The summed E-state index contributed by atoms with van der Waals surface area (Å²) in [5, 5.41) is 24.3. The predicted octanol–water partition coefficient (Wildman–Crippen LogP) is 3.34. The summed E-state index contributed by atoms with van der Waals surface area (Å²) in [6, 6.07) is 12.7. The molecule has 0 aliphatic heterocycles. The number of rotatable bonds is 5. The molecule has 2 aromatic carbocycles. The van der Waals surface area contributed by atoms with Crippen molar-refractivity contribution in [2.45, 2.75) is 13.3 Å². The number of aromatic carboxylic acids is 1. The molecule has 8 heteroatoms. The molecule has 28 heavy (non-hydrogen) atoms. The van der Waals surface area contributed by atoms with Gasteiger partial charge >= 0.3 is 5.97 Å². The smallest absolute Gasteiger partial charge is 0.337 e. The van der Waals surface area contributed by atoms with Crippen molar-refractivity contribution in [3.8, 4) is 6.07 Å². The van der Waals surface area contributed by atoms with Gasteiger partial charge in [-0.15, -0.1) is 0 Å². The van der Waals surface area contributed by atoms with Gasteiger partial charge in [-0.3, -0.25) is 9.59 Å². The van der Waals surface area contributed by atoms with Crippen LogP contribution in [-0.2, 0) is 4.79 Å². The van der Waals surface area contributed by atoms with Crippen LogP contribution in [0.25, 0.3) is 10.9 Å². The third-order valence-electron chi connectivity index (χ3n) is 4.12. The van der Waals surface area contributed by atoms with Crippen LogP contribution in [0.2, 0.25) is 0 Å². The van der Waals surface area contributed by atoms with Gasteiger partial charge in [0.05, 0.1) is 34.1 Å². The van der Waals surface area contributed by atoms with E-state index in [0.29, 0.717) is 17.6 Å². The number of carboxylic acids is 1. The molecule has 0 aliphatic carbocycles. The van der Waals surface area contributed by atoms with Gasteiger partial charge in [0.15, 0.2) is 0 Å². The zero-order chi connectivity index (χ0) is 20.3. The number of amides is 2. The number of anilines is 2. The number of H-pyrrole nitrogens is 1.